The van der Waals surface area contributed by atoms with Gasteiger partial charge >= 0.3 is 0 Å². The van der Waals surface area contributed by atoms with E-state index in [1.807, 2.05) is 0 Å². The van der Waals surface area contributed by atoms with Crippen molar-refractivity contribution in [2.24, 2.45) is 0 Å². The van der Waals surface area contributed by atoms with E-state index in [0.717, 1.165) is 6.54 Å². The van der Waals surface area contributed by atoms with Crippen LogP contribution in [0.15, 0.2) is 0 Å². The summed E-state index contributed by atoms with van der Waals surface area (Å²) in [4.78, 5) is 0. The minimum atomic E-state index is 0.0817. The Bertz CT molecular complexity index is 236. The Morgan fingerprint density at radius 1 is 1.11 bits per heavy atom. The molecule has 1 saturated carbocycles. The Labute approximate surface area is 120 Å². The van der Waals surface area contributed by atoms with Gasteiger partial charge in [0.15, 0.2) is 0 Å². The predicted molar refractivity (Wildman–Crippen MR) is 83.6 cm³/mol. The highest BCUT2D eigenvalue weighted by Gasteiger charge is 2.34. The Hall–Kier alpha value is -0.0800. The van der Waals surface area contributed by atoms with Crippen molar-refractivity contribution < 1.29 is 4.74 Å². The van der Waals surface area contributed by atoms with E-state index in [4.69, 9.17) is 4.74 Å². The van der Waals surface area contributed by atoms with Crippen LogP contribution in [0.2, 0.25) is 0 Å². The molecule has 0 bridgehead atoms. The molecule has 1 rings (SSSR count). The van der Waals surface area contributed by atoms with Crippen molar-refractivity contribution in [3.8, 4) is 0 Å². The lowest BCUT2D eigenvalue weighted by atomic mass is 9.92. The molecule has 0 spiro atoms. The van der Waals surface area contributed by atoms with Crippen LogP contribution >= 0.6 is 0 Å². The molecule has 0 aromatic heterocycles. The predicted octanol–water partition coefficient (Wildman–Crippen LogP) is 4.67. The first kappa shape index (κ1) is 17.0. The molecular formula is C17H35NO. The molecule has 1 atom stereocenters. The van der Waals surface area contributed by atoms with Crippen LogP contribution < -0.4 is 5.32 Å². The molecule has 1 aliphatic carbocycles. The fourth-order valence-corrected chi connectivity index (χ4v) is 3.03. The highest BCUT2D eigenvalue weighted by molar-refractivity contribution is 4.89. The Morgan fingerprint density at radius 3 is 2.16 bits per heavy atom. The molecule has 0 aliphatic heterocycles. The average molecular weight is 269 g/mol. The minimum Gasteiger partial charge on any atom is -0.371 e. The van der Waals surface area contributed by atoms with Crippen molar-refractivity contribution in [3.05, 3.63) is 0 Å². The van der Waals surface area contributed by atoms with E-state index in [1.165, 1.54) is 51.4 Å². The van der Waals surface area contributed by atoms with Crippen molar-refractivity contribution >= 4 is 0 Å². The summed E-state index contributed by atoms with van der Waals surface area (Å²) in [5, 5.41) is 3.68. The summed E-state index contributed by atoms with van der Waals surface area (Å²) in [5.74, 6) is 0. The highest BCUT2D eigenvalue weighted by Crippen LogP contribution is 2.32. The van der Waals surface area contributed by atoms with E-state index in [9.17, 15) is 0 Å². The van der Waals surface area contributed by atoms with Crippen LogP contribution in [-0.4, -0.2) is 23.8 Å². The minimum absolute atomic E-state index is 0.0817. The van der Waals surface area contributed by atoms with Crippen LogP contribution in [0.5, 0.6) is 0 Å². The smallest absolute Gasteiger partial charge is 0.0810 e. The van der Waals surface area contributed by atoms with Gasteiger partial charge in [-0.15, -0.1) is 0 Å². The molecule has 19 heavy (non-hydrogen) atoms. The lowest BCUT2D eigenvalue weighted by molar-refractivity contribution is -0.0991. The van der Waals surface area contributed by atoms with Gasteiger partial charge in [-0.1, -0.05) is 39.0 Å². The van der Waals surface area contributed by atoms with Gasteiger partial charge in [0.2, 0.25) is 0 Å². The first-order valence-corrected chi connectivity index (χ1v) is 8.30. The summed E-state index contributed by atoms with van der Waals surface area (Å²) in [6.45, 7) is 12.2. The van der Waals surface area contributed by atoms with E-state index in [1.54, 1.807) is 0 Å². The van der Waals surface area contributed by atoms with Gasteiger partial charge in [0, 0.05) is 12.1 Å². The van der Waals surface area contributed by atoms with Gasteiger partial charge in [0.25, 0.3) is 0 Å². The van der Waals surface area contributed by atoms with Crippen molar-refractivity contribution in [2.75, 3.05) is 6.54 Å². The molecule has 1 fully saturated rings. The molecule has 2 nitrogen and oxygen atoms in total. The molecule has 0 saturated heterocycles. The third kappa shape index (κ3) is 6.76. The quantitative estimate of drug-likeness (QED) is 0.707. The highest BCUT2D eigenvalue weighted by atomic mass is 16.5. The second-order valence-electron chi connectivity index (χ2n) is 7.42. The number of hydrogen-bond acceptors (Lipinski definition) is 2. The summed E-state index contributed by atoms with van der Waals surface area (Å²) >= 11 is 0. The molecule has 1 aliphatic rings. The standard InChI is InChI=1S/C17H35NO/c1-6-11-15(2)19-17(14-18-16(3,4)5)12-9-7-8-10-13-17/h15,18H,6-14H2,1-5H3. The molecule has 0 radical (unpaired) electrons. The summed E-state index contributed by atoms with van der Waals surface area (Å²) < 4.78 is 6.53. The molecule has 2 heteroatoms. The fraction of sp³-hybridized carbons (Fsp3) is 1.00. The average Bonchev–Trinajstić information content (AvgIpc) is 2.52. The van der Waals surface area contributed by atoms with Crippen LogP contribution in [0, 0.1) is 0 Å². The lowest BCUT2D eigenvalue weighted by Gasteiger charge is -2.38. The van der Waals surface area contributed by atoms with Gasteiger partial charge in [0.05, 0.1) is 11.7 Å². The Morgan fingerprint density at radius 2 is 1.68 bits per heavy atom. The molecule has 0 aromatic carbocycles. The number of ether oxygens (including phenoxy) is 1. The van der Waals surface area contributed by atoms with E-state index in [-0.39, 0.29) is 11.1 Å². The van der Waals surface area contributed by atoms with Crippen LogP contribution in [0.4, 0.5) is 0 Å². The summed E-state index contributed by atoms with van der Waals surface area (Å²) in [5.41, 5.74) is 0.259. The second kappa shape index (κ2) is 7.64. The van der Waals surface area contributed by atoms with Crippen LogP contribution in [0.1, 0.15) is 86.0 Å². The van der Waals surface area contributed by atoms with Gasteiger partial charge in [-0.25, -0.2) is 0 Å². The number of nitrogens with one attached hydrogen (secondary N) is 1. The second-order valence-corrected chi connectivity index (χ2v) is 7.42. The third-order valence-corrected chi connectivity index (χ3v) is 4.10. The van der Waals surface area contributed by atoms with Crippen molar-refractivity contribution in [3.63, 3.8) is 0 Å². The van der Waals surface area contributed by atoms with E-state index in [2.05, 4.69) is 39.9 Å². The molecule has 1 N–H and O–H groups in total. The van der Waals surface area contributed by atoms with Crippen LogP contribution in [-0.2, 0) is 4.74 Å². The van der Waals surface area contributed by atoms with Gasteiger partial charge < -0.3 is 10.1 Å². The monoisotopic (exact) mass is 269 g/mol. The van der Waals surface area contributed by atoms with Gasteiger partial charge in [-0.3, -0.25) is 0 Å². The van der Waals surface area contributed by atoms with Crippen LogP contribution in [0.3, 0.4) is 0 Å². The SMILES string of the molecule is CCCC(C)OC1(CNC(C)(C)C)CCCCCC1. The van der Waals surface area contributed by atoms with Crippen LogP contribution in [0.25, 0.3) is 0 Å². The van der Waals surface area contributed by atoms with E-state index < -0.39 is 0 Å². The number of hydrogen-bond donors (Lipinski definition) is 1. The fourth-order valence-electron chi connectivity index (χ4n) is 3.03. The molecule has 0 amide bonds. The maximum Gasteiger partial charge on any atom is 0.0810 e. The zero-order chi connectivity index (χ0) is 14.4. The summed E-state index contributed by atoms with van der Waals surface area (Å²) in [6.07, 6.45) is 10.6. The van der Waals surface area contributed by atoms with Gasteiger partial charge in [0.1, 0.15) is 0 Å². The largest absolute Gasteiger partial charge is 0.371 e. The Balaban J connectivity index is 2.65. The lowest BCUT2D eigenvalue weighted by Crippen LogP contribution is -2.50. The molecular weight excluding hydrogens is 234 g/mol. The molecule has 114 valence electrons. The summed E-state index contributed by atoms with van der Waals surface area (Å²) in [7, 11) is 0. The van der Waals surface area contributed by atoms with Gasteiger partial charge in [-0.05, 0) is 47.0 Å². The molecule has 1 unspecified atom stereocenters. The van der Waals surface area contributed by atoms with Gasteiger partial charge in [-0.2, -0.15) is 0 Å². The van der Waals surface area contributed by atoms with Crippen molar-refractivity contribution in [1.29, 1.82) is 0 Å². The van der Waals surface area contributed by atoms with Crippen molar-refractivity contribution in [2.45, 2.75) is 103 Å². The first-order valence-electron chi connectivity index (χ1n) is 8.30. The molecule has 0 aromatic rings. The normalized spacial score (nSPS) is 21.9. The van der Waals surface area contributed by atoms with E-state index in [0.29, 0.717) is 6.10 Å². The topological polar surface area (TPSA) is 21.3 Å². The van der Waals surface area contributed by atoms with Crippen molar-refractivity contribution in [1.82, 2.24) is 5.32 Å². The third-order valence-electron chi connectivity index (χ3n) is 4.10. The maximum atomic E-state index is 6.53. The molecule has 0 heterocycles. The van der Waals surface area contributed by atoms with E-state index >= 15 is 0 Å². The maximum absolute atomic E-state index is 6.53. The summed E-state index contributed by atoms with van der Waals surface area (Å²) in [6, 6.07) is 0. The Kier molecular flexibility index (Phi) is 6.82. The zero-order valence-electron chi connectivity index (χ0n) is 13.8. The number of rotatable bonds is 6. The zero-order valence-corrected chi connectivity index (χ0v) is 13.8. The first-order chi connectivity index (χ1) is 8.87.